The molecule has 57 heavy (non-hydrogen) atoms. The summed E-state index contributed by atoms with van der Waals surface area (Å²) in [5.41, 5.74) is 14.2. The van der Waals surface area contributed by atoms with E-state index in [2.05, 4.69) is 190 Å². The molecule has 0 N–H and O–H groups in total. The molecule has 0 aliphatic heterocycles. The summed E-state index contributed by atoms with van der Waals surface area (Å²) in [5.74, 6) is 0. The van der Waals surface area contributed by atoms with Crippen molar-refractivity contribution >= 4 is 65.7 Å². The van der Waals surface area contributed by atoms with Gasteiger partial charge in [-0.3, -0.25) is 9.13 Å². The van der Waals surface area contributed by atoms with Crippen molar-refractivity contribution in [3.63, 3.8) is 0 Å². The van der Waals surface area contributed by atoms with E-state index in [9.17, 15) is 0 Å². The molecule has 5 aromatic heterocycles. The van der Waals surface area contributed by atoms with Gasteiger partial charge in [-0.1, -0.05) is 121 Å². The van der Waals surface area contributed by atoms with E-state index in [1.807, 2.05) is 24.5 Å². The average Bonchev–Trinajstić information content (AvgIpc) is 3.92. The van der Waals surface area contributed by atoms with Crippen molar-refractivity contribution in [1.82, 2.24) is 23.7 Å². The molecule has 7 aromatic carbocycles. The third-order valence-electron chi connectivity index (χ3n) is 11.6. The number of benzene rings is 7. The van der Waals surface area contributed by atoms with E-state index in [0.717, 1.165) is 77.8 Å². The third kappa shape index (κ3) is 4.63. The molecule has 0 bridgehead atoms. The number of hydrogen-bond acceptors (Lipinski definition) is 2. The molecule has 0 radical (unpaired) electrons. The van der Waals surface area contributed by atoms with Gasteiger partial charge in [-0.2, -0.15) is 0 Å². The number of aromatic nitrogens is 5. The summed E-state index contributed by atoms with van der Waals surface area (Å²) in [6.45, 7) is 0. The zero-order valence-corrected chi connectivity index (χ0v) is 30.8. The number of hydrogen-bond donors (Lipinski definition) is 0. The number of pyridine rings is 2. The van der Waals surface area contributed by atoms with E-state index in [0.29, 0.717) is 0 Å². The van der Waals surface area contributed by atoms with Gasteiger partial charge in [-0.25, -0.2) is 9.97 Å². The highest BCUT2D eigenvalue weighted by molar-refractivity contribution is 6.11. The smallest absolute Gasteiger partial charge is 0.145 e. The van der Waals surface area contributed by atoms with Crippen molar-refractivity contribution in [2.24, 2.45) is 0 Å². The SMILES string of the molecule is c1ccc(-c2ccccc2-n2c3ccccc3c3ccccc32)c(-c2ccc(-n3c4ccccc4c4cccnc43)c(-n3c4ccccc4c4cccnc43)c2)c1. The molecular weight excluding hydrogens is 695 g/mol. The van der Waals surface area contributed by atoms with Crippen LogP contribution in [0.15, 0.2) is 200 Å². The van der Waals surface area contributed by atoms with E-state index in [1.165, 1.54) is 27.2 Å². The van der Waals surface area contributed by atoms with Crippen molar-refractivity contribution in [1.29, 1.82) is 0 Å². The van der Waals surface area contributed by atoms with Crippen LogP contribution in [0.25, 0.3) is 105 Å². The van der Waals surface area contributed by atoms with Crippen LogP contribution in [0.4, 0.5) is 0 Å². The first kappa shape index (κ1) is 31.6. The Labute approximate surface area is 328 Å². The molecule has 0 saturated heterocycles. The third-order valence-corrected chi connectivity index (χ3v) is 11.6. The minimum atomic E-state index is 0.913. The van der Waals surface area contributed by atoms with Crippen LogP contribution >= 0.6 is 0 Å². The minimum Gasteiger partial charge on any atom is -0.309 e. The van der Waals surface area contributed by atoms with Crippen molar-refractivity contribution in [2.45, 2.75) is 0 Å². The van der Waals surface area contributed by atoms with E-state index in [4.69, 9.17) is 9.97 Å². The Kier molecular flexibility index (Phi) is 6.86. The van der Waals surface area contributed by atoms with Gasteiger partial charge in [0.15, 0.2) is 0 Å². The summed E-state index contributed by atoms with van der Waals surface area (Å²) in [7, 11) is 0. The second kappa shape index (κ2) is 12.4. The highest BCUT2D eigenvalue weighted by atomic mass is 15.1. The largest absolute Gasteiger partial charge is 0.309 e. The quantitative estimate of drug-likeness (QED) is 0.177. The standard InChI is InChI=1S/C52H33N5/c1-2-16-36(37-17-3-8-24-44(37)55-45-25-9-4-18-38(45)39-19-5-10-26-46(39)55)35(15-1)34-29-30-49(56-47-27-11-6-20-40(47)42-22-13-31-53-51(42)56)50(33-34)57-48-28-12-7-21-41(48)43-23-14-32-54-52(43)57/h1-33H. The number of fused-ring (bicyclic) bond motifs is 9. The molecule has 0 aliphatic rings. The molecule has 12 aromatic rings. The van der Waals surface area contributed by atoms with E-state index >= 15 is 0 Å². The van der Waals surface area contributed by atoms with Crippen LogP contribution in [0.3, 0.4) is 0 Å². The van der Waals surface area contributed by atoms with Gasteiger partial charge in [-0.05, 0) is 83.4 Å². The zero-order chi connectivity index (χ0) is 37.5. The lowest BCUT2D eigenvalue weighted by Gasteiger charge is -2.20. The van der Waals surface area contributed by atoms with Gasteiger partial charge in [0.25, 0.3) is 0 Å². The highest BCUT2D eigenvalue weighted by Gasteiger charge is 2.22. The molecular formula is C52H33N5. The number of rotatable bonds is 5. The Balaban J connectivity index is 1.15. The summed E-state index contributed by atoms with van der Waals surface area (Å²) >= 11 is 0. The summed E-state index contributed by atoms with van der Waals surface area (Å²) in [6.07, 6.45) is 3.78. The maximum atomic E-state index is 5.03. The Hall–Kier alpha value is -7.76. The zero-order valence-electron chi connectivity index (χ0n) is 30.8. The Morgan fingerprint density at radius 3 is 1.28 bits per heavy atom. The molecule has 0 spiro atoms. The fraction of sp³-hybridized carbons (Fsp3) is 0. The van der Waals surface area contributed by atoms with Crippen LogP contribution in [0.5, 0.6) is 0 Å². The van der Waals surface area contributed by atoms with E-state index < -0.39 is 0 Å². The molecule has 0 atom stereocenters. The lowest BCUT2D eigenvalue weighted by Crippen LogP contribution is -2.05. The molecule has 0 fully saturated rings. The maximum Gasteiger partial charge on any atom is 0.145 e. The van der Waals surface area contributed by atoms with Gasteiger partial charge < -0.3 is 4.57 Å². The van der Waals surface area contributed by atoms with Crippen LogP contribution in [0.2, 0.25) is 0 Å². The Morgan fingerprint density at radius 2 is 0.702 bits per heavy atom. The first-order valence-electron chi connectivity index (χ1n) is 19.3. The first-order valence-corrected chi connectivity index (χ1v) is 19.3. The number of para-hydroxylation sites is 5. The lowest BCUT2D eigenvalue weighted by atomic mass is 9.93. The molecule has 0 amide bonds. The number of nitrogens with zero attached hydrogens (tertiary/aromatic N) is 5. The molecule has 0 unspecified atom stereocenters. The average molecular weight is 728 g/mol. The molecule has 5 heterocycles. The van der Waals surface area contributed by atoms with Crippen LogP contribution in [-0.2, 0) is 0 Å². The summed E-state index contributed by atoms with van der Waals surface area (Å²) in [5, 5.41) is 7.06. The summed E-state index contributed by atoms with van der Waals surface area (Å²) in [6, 6.07) is 67.5. The van der Waals surface area contributed by atoms with Crippen molar-refractivity contribution < 1.29 is 0 Å². The van der Waals surface area contributed by atoms with Gasteiger partial charge in [0.05, 0.1) is 39.1 Å². The van der Waals surface area contributed by atoms with Crippen LogP contribution < -0.4 is 0 Å². The minimum absolute atomic E-state index is 0.913. The molecule has 0 aliphatic carbocycles. The monoisotopic (exact) mass is 727 g/mol. The predicted octanol–water partition coefficient (Wildman–Crippen LogP) is 13.1. The predicted molar refractivity (Wildman–Crippen MR) is 236 cm³/mol. The van der Waals surface area contributed by atoms with Gasteiger partial charge in [0.1, 0.15) is 11.3 Å². The molecule has 5 nitrogen and oxygen atoms in total. The normalized spacial score (nSPS) is 11.9. The van der Waals surface area contributed by atoms with Gasteiger partial charge >= 0.3 is 0 Å². The van der Waals surface area contributed by atoms with Gasteiger partial charge in [-0.15, -0.1) is 0 Å². The van der Waals surface area contributed by atoms with E-state index in [1.54, 1.807) is 0 Å². The van der Waals surface area contributed by atoms with Crippen LogP contribution in [0, 0.1) is 0 Å². The second-order valence-electron chi connectivity index (χ2n) is 14.6. The van der Waals surface area contributed by atoms with Crippen LogP contribution in [0.1, 0.15) is 0 Å². The Bertz CT molecular complexity index is 3390. The fourth-order valence-electron chi connectivity index (χ4n) is 9.19. The second-order valence-corrected chi connectivity index (χ2v) is 14.6. The van der Waals surface area contributed by atoms with Crippen molar-refractivity contribution in [2.75, 3.05) is 0 Å². The maximum absolute atomic E-state index is 5.03. The van der Waals surface area contributed by atoms with Gasteiger partial charge in [0.2, 0.25) is 0 Å². The summed E-state index contributed by atoms with van der Waals surface area (Å²) in [4.78, 5) is 10.0. The highest BCUT2D eigenvalue weighted by Crippen LogP contribution is 2.42. The molecule has 266 valence electrons. The van der Waals surface area contributed by atoms with Gasteiger partial charge in [0, 0.05) is 50.3 Å². The Morgan fingerprint density at radius 1 is 0.281 bits per heavy atom. The van der Waals surface area contributed by atoms with Crippen LogP contribution in [-0.4, -0.2) is 23.7 Å². The lowest BCUT2D eigenvalue weighted by molar-refractivity contribution is 1.06. The molecule has 12 rings (SSSR count). The molecule has 0 saturated carbocycles. The van der Waals surface area contributed by atoms with E-state index in [-0.39, 0.29) is 0 Å². The first-order chi connectivity index (χ1) is 28.3. The molecule has 5 heteroatoms. The topological polar surface area (TPSA) is 40.6 Å². The fourth-order valence-corrected chi connectivity index (χ4v) is 9.19. The van der Waals surface area contributed by atoms with Crippen molar-refractivity contribution in [3.05, 3.63) is 200 Å². The summed E-state index contributed by atoms with van der Waals surface area (Å²) < 4.78 is 7.07. The van der Waals surface area contributed by atoms with Crippen molar-refractivity contribution in [3.8, 4) is 39.3 Å².